The third-order valence-electron chi connectivity index (χ3n) is 4.63. The molecule has 24 heavy (non-hydrogen) atoms. The van der Waals surface area contributed by atoms with Gasteiger partial charge in [0.05, 0.1) is 0 Å². The Morgan fingerprint density at radius 2 is 1.83 bits per heavy atom. The van der Waals surface area contributed by atoms with Crippen molar-refractivity contribution in [3.8, 4) is 0 Å². The maximum Gasteiger partial charge on any atom is 0.226 e. The van der Waals surface area contributed by atoms with E-state index in [0.717, 1.165) is 18.7 Å². The van der Waals surface area contributed by atoms with Crippen LogP contribution in [-0.4, -0.2) is 30.2 Å². The fourth-order valence-electron chi connectivity index (χ4n) is 3.22. The van der Waals surface area contributed by atoms with Crippen LogP contribution in [0.25, 0.3) is 0 Å². The number of amides is 1. The monoisotopic (exact) mass is 322 g/mol. The molecular formula is C20H22N2O2. The predicted molar refractivity (Wildman–Crippen MR) is 95.2 cm³/mol. The van der Waals surface area contributed by atoms with Gasteiger partial charge in [0.2, 0.25) is 5.91 Å². The van der Waals surface area contributed by atoms with Crippen LogP contribution >= 0.6 is 0 Å². The number of carbonyl (C=O) groups is 2. The highest BCUT2D eigenvalue weighted by atomic mass is 16.1. The third-order valence-corrected chi connectivity index (χ3v) is 4.63. The van der Waals surface area contributed by atoms with E-state index in [9.17, 15) is 9.59 Å². The smallest absolute Gasteiger partial charge is 0.226 e. The Labute approximate surface area is 142 Å². The highest BCUT2D eigenvalue weighted by molar-refractivity contribution is 5.95. The molecule has 0 bridgehead atoms. The topological polar surface area (TPSA) is 49.4 Å². The number of carbonyl (C=O) groups excluding carboxylic acids is 2. The number of anilines is 1. The fourth-order valence-corrected chi connectivity index (χ4v) is 3.22. The highest BCUT2D eigenvalue weighted by Crippen LogP contribution is 2.31. The van der Waals surface area contributed by atoms with E-state index in [0.29, 0.717) is 12.0 Å². The number of Topliss-reactive ketones (excluding diaryl/α,β-unsaturated/α-hetero) is 1. The lowest BCUT2D eigenvalue weighted by Gasteiger charge is -2.34. The van der Waals surface area contributed by atoms with Crippen LogP contribution in [0.4, 0.5) is 5.69 Å². The van der Waals surface area contributed by atoms with Gasteiger partial charge in [-0.1, -0.05) is 24.3 Å². The zero-order valence-corrected chi connectivity index (χ0v) is 14.1. The molecule has 4 nitrogen and oxygen atoms in total. The molecule has 0 aromatic heterocycles. The molecule has 0 fully saturated rings. The van der Waals surface area contributed by atoms with Crippen LogP contribution in [0.15, 0.2) is 48.5 Å². The SMILES string of the molecule is CC(=O)c1ccc(NC(=O)CC2c3ccccc3CCN2C)cc1. The van der Waals surface area contributed by atoms with E-state index in [4.69, 9.17) is 0 Å². The summed E-state index contributed by atoms with van der Waals surface area (Å²) in [5.74, 6) is 0.00689. The number of likely N-dealkylation sites (N-methyl/N-ethyl adjacent to an activating group) is 1. The van der Waals surface area contributed by atoms with E-state index in [2.05, 4.69) is 35.5 Å². The van der Waals surface area contributed by atoms with Gasteiger partial charge in [0.25, 0.3) is 0 Å². The first-order valence-electron chi connectivity index (χ1n) is 8.23. The van der Waals surface area contributed by atoms with Gasteiger partial charge in [0.15, 0.2) is 5.78 Å². The maximum atomic E-state index is 12.5. The van der Waals surface area contributed by atoms with Gasteiger partial charge in [-0.05, 0) is 55.8 Å². The molecule has 0 radical (unpaired) electrons. The van der Waals surface area contributed by atoms with Crippen molar-refractivity contribution in [2.45, 2.75) is 25.8 Å². The predicted octanol–water partition coefficient (Wildman–Crippen LogP) is 3.45. The fraction of sp³-hybridized carbons (Fsp3) is 0.300. The van der Waals surface area contributed by atoms with Gasteiger partial charge in [-0.25, -0.2) is 0 Å². The lowest BCUT2D eigenvalue weighted by molar-refractivity contribution is -0.117. The van der Waals surface area contributed by atoms with Gasteiger partial charge in [-0.15, -0.1) is 0 Å². The Balaban J connectivity index is 1.69. The van der Waals surface area contributed by atoms with Crippen molar-refractivity contribution in [1.82, 2.24) is 4.90 Å². The van der Waals surface area contributed by atoms with E-state index in [-0.39, 0.29) is 17.7 Å². The first kappa shape index (κ1) is 16.4. The number of nitrogens with one attached hydrogen (secondary N) is 1. The molecule has 1 unspecified atom stereocenters. The summed E-state index contributed by atoms with van der Waals surface area (Å²) >= 11 is 0. The van der Waals surface area contributed by atoms with E-state index in [1.807, 2.05) is 6.07 Å². The normalized spacial score (nSPS) is 17.2. The zero-order chi connectivity index (χ0) is 17.1. The Bertz CT molecular complexity index is 752. The van der Waals surface area contributed by atoms with E-state index in [1.165, 1.54) is 18.1 Å². The first-order chi connectivity index (χ1) is 11.5. The molecule has 0 saturated carbocycles. The van der Waals surface area contributed by atoms with E-state index in [1.54, 1.807) is 24.3 Å². The summed E-state index contributed by atoms with van der Waals surface area (Å²) in [6.07, 6.45) is 1.44. The van der Waals surface area contributed by atoms with Gasteiger partial charge in [0, 0.05) is 30.3 Å². The molecule has 124 valence electrons. The van der Waals surface area contributed by atoms with E-state index >= 15 is 0 Å². The Hall–Kier alpha value is -2.46. The summed E-state index contributed by atoms with van der Waals surface area (Å²) in [6, 6.07) is 15.5. The van der Waals surface area contributed by atoms with Crippen LogP contribution in [0, 0.1) is 0 Å². The van der Waals surface area contributed by atoms with Gasteiger partial charge in [-0.2, -0.15) is 0 Å². The van der Waals surface area contributed by atoms with Gasteiger partial charge < -0.3 is 5.32 Å². The van der Waals surface area contributed by atoms with Crippen LogP contribution in [0.5, 0.6) is 0 Å². The van der Waals surface area contributed by atoms with Crippen molar-refractivity contribution in [1.29, 1.82) is 0 Å². The summed E-state index contributed by atoms with van der Waals surface area (Å²) in [6.45, 7) is 2.49. The number of ketones is 1. The van der Waals surface area contributed by atoms with Crippen molar-refractivity contribution in [2.24, 2.45) is 0 Å². The quantitative estimate of drug-likeness (QED) is 0.877. The minimum atomic E-state index is -0.0147. The largest absolute Gasteiger partial charge is 0.326 e. The molecule has 0 saturated heterocycles. The Morgan fingerprint density at radius 1 is 1.12 bits per heavy atom. The zero-order valence-electron chi connectivity index (χ0n) is 14.1. The average Bonchev–Trinajstić information content (AvgIpc) is 2.58. The standard InChI is InChI=1S/C20H22N2O2/c1-14(23)15-7-9-17(10-8-15)21-20(24)13-19-18-6-4-3-5-16(18)11-12-22(19)2/h3-10,19H,11-13H2,1-2H3,(H,21,24). The molecular weight excluding hydrogens is 300 g/mol. The second-order valence-electron chi connectivity index (χ2n) is 6.33. The summed E-state index contributed by atoms with van der Waals surface area (Å²) < 4.78 is 0. The molecule has 0 aliphatic carbocycles. The molecule has 4 heteroatoms. The molecule has 1 aliphatic rings. The Kier molecular flexibility index (Phi) is 4.76. The Morgan fingerprint density at radius 3 is 2.54 bits per heavy atom. The minimum absolute atomic E-state index is 0.0147. The molecule has 0 spiro atoms. The summed E-state index contributed by atoms with van der Waals surface area (Å²) in [7, 11) is 2.07. The van der Waals surface area contributed by atoms with Gasteiger partial charge in [0.1, 0.15) is 0 Å². The first-order valence-corrected chi connectivity index (χ1v) is 8.23. The third kappa shape index (κ3) is 3.54. The number of rotatable bonds is 4. The lowest BCUT2D eigenvalue weighted by Crippen LogP contribution is -2.34. The van der Waals surface area contributed by atoms with Crippen molar-refractivity contribution < 1.29 is 9.59 Å². The molecule has 1 atom stereocenters. The van der Waals surface area contributed by atoms with Crippen molar-refractivity contribution in [3.05, 3.63) is 65.2 Å². The number of hydrogen-bond donors (Lipinski definition) is 1. The van der Waals surface area contributed by atoms with Crippen LogP contribution < -0.4 is 5.32 Å². The molecule has 1 N–H and O–H groups in total. The summed E-state index contributed by atoms with van der Waals surface area (Å²) in [5, 5.41) is 2.93. The number of fused-ring (bicyclic) bond motifs is 1. The van der Waals surface area contributed by atoms with Crippen LogP contribution in [-0.2, 0) is 11.2 Å². The molecule has 2 aromatic rings. The van der Waals surface area contributed by atoms with Gasteiger partial charge in [-0.3, -0.25) is 14.5 Å². The molecule has 2 aromatic carbocycles. The lowest BCUT2D eigenvalue weighted by atomic mass is 9.91. The van der Waals surface area contributed by atoms with Crippen molar-refractivity contribution >= 4 is 17.4 Å². The highest BCUT2D eigenvalue weighted by Gasteiger charge is 2.26. The number of hydrogen-bond acceptors (Lipinski definition) is 3. The van der Waals surface area contributed by atoms with Crippen LogP contribution in [0.3, 0.4) is 0 Å². The summed E-state index contributed by atoms with van der Waals surface area (Å²) in [4.78, 5) is 26.0. The van der Waals surface area contributed by atoms with Crippen molar-refractivity contribution in [3.63, 3.8) is 0 Å². The average molecular weight is 322 g/mol. The molecule has 1 amide bonds. The second-order valence-corrected chi connectivity index (χ2v) is 6.33. The van der Waals surface area contributed by atoms with Gasteiger partial charge >= 0.3 is 0 Å². The number of benzene rings is 2. The van der Waals surface area contributed by atoms with E-state index < -0.39 is 0 Å². The number of nitrogens with zero attached hydrogens (tertiary/aromatic N) is 1. The summed E-state index contributed by atoms with van der Waals surface area (Å²) in [5.41, 5.74) is 3.94. The maximum absolute atomic E-state index is 12.5. The molecule has 1 aliphatic heterocycles. The molecule has 3 rings (SSSR count). The van der Waals surface area contributed by atoms with Crippen LogP contribution in [0.2, 0.25) is 0 Å². The van der Waals surface area contributed by atoms with Crippen molar-refractivity contribution in [2.75, 3.05) is 18.9 Å². The second kappa shape index (κ2) is 6.97. The molecule has 1 heterocycles. The van der Waals surface area contributed by atoms with Crippen LogP contribution in [0.1, 0.15) is 40.9 Å². The minimum Gasteiger partial charge on any atom is -0.326 e.